The van der Waals surface area contributed by atoms with Gasteiger partial charge in [-0.15, -0.1) is 0 Å². The molecule has 1 heterocycles. The quantitative estimate of drug-likeness (QED) is 0.877. The van der Waals surface area contributed by atoms with Crippen molar-refractivity contribution in [2.24, 2.45) is 0 Å². The van der Waals surface area contributed by atoms with Gasteiger partial charge in [0.25, 0.3) is 5.91 Å². The van der Waals surface area contributed by atoms with Crippen LogP contribution in [0.5, 0.6) is 5.75 Å². The number of nitrogens with zero attached hydrogens (tertiary/aromatic N) is 1. The van der Waals surface area contributed by atoms with Gasteiger partial charge < -0.3 is 10.1 Å². The van der Waals surface area contributed by atoms with Crippen LogP contribution in [-0.4, -0.2) is 18.0 Å². The maximum atomic E-state index is 13.5. The number of ether oxygens (including phenoxy) is 1. The molecule has 104 valence electrons. The first kappa shape index (κ1) is 14.6. The Bertz CT molecular complexity index is 665. The lowest BCUT2D eigenvalue weighted by molar-refractivity contribution is 0.102. The van der Waals surface area contributed by atoms with Crippen LogP contribution >= 0.6 is 23.2 Å². The molecule has 0 unspecified atom stereocenters. The van der Waals surface area contributed by atoms with Gasteiger partial charge in [0.2, 0.25) is 0 Å². The van der Waals surface area contributed by atoms with E-state index in [-0.39, 0.29) is 21.5 Å². The molecular formula is C13H9Cl2FN2O2. The molecular weight excluding hydrogens is 306 g/mol. The van der Waals surface area contributed by atoms with Gasteiger partial charge in [-0.25, -0.2) is 9.37 Å². The fourth-order valence-electron chi connectivity index (χ4n) is 1.49. The third kappa shape index (κ3) is 3.18. The van der Waals surface area contributed by atoms with Gasteiger partial charge in [0.05, 0.1) is 17.7 Å². The molecule has 0 fully saturated rings. The number of anilines is 1. The van der Waals surface area contributed by atoms with E-state index in [4.69, 9.17) is 27.9 Å². The summed E-state index contributed by atoms with van der Waals surface area (Å²) < 4.78 is 18.3. The Morgan fingerprint density at radius 1 is 1.35 bits per heavy atom. The van der Waals surface area contributed by atoms with E-state index in [1.807, 2.05) is 0 Å². The average Bonchev–Trinajstić information content (AvgIpc) is 2.42. The molecule has 0 bridgehead atoms. The summed E-state index contributed by atoms with van der Waals surface area (Å²) in [4.78, 5) is 15.7. The first-order chi connectivity index (χ1) is 9.51. The van der Waals surface area contributed by atoms with Gasteiger partial charge in [-0.2, -0.15) is 0 Å². The zero-order valence-electron chi connectivity index (χ0n) is 10.3. The summed E-state index contributed by atoms with van der Waals surface area (Å²) in [6, 6.07) is 5.47. The van der Waals surface area contributed by atoms with E-state index in [1.54, 1.807) is 0 Å². The summed E-state index contributed by atoms with van der Waals surface area (Å²) in [5.41, 5.74) is 0.509. The Morgan fingerprint density at radius 3 is 2.70 bits per heavy atom. The Labute approximate surface area is 124 Å². The van der Waals surface area contributed by atoms with Gasteiger partial charge in [-0.1, -0.05) is 23.2 Å². The largest absolute Gasteiger partial charge is 0.494 e. The first-order valence-corrected chi connectivity index (χ1v) is 6.23. The molecule has 1 aromatic heterocycles. The Hall–Kier alpha value is -1.85. The van der Waals surface area contributed by atoms with Crippen LogP contribution in [0.2, 0.25) is 10.2 Å². The van der Waals surface area contributed by atoms with E-state index in [1.165, 1.54) is 31.5 Å². The zero-order chi connectivity index (χ0) is 14.7. The van der Waals surface area contributed by atoms with Crippen molar-refractivity contribution in [3.8, 4) is 5.75 Å². The number of carbonyl (C=O) groups excluding carboxylic acids is 1. The van der Waals surface area contributed by atoms with Gasteiger partial charge >= 0.3 is 0 Å². The molecule has 20 heavy (non-hydrogen) atoms. The molecule has 2 rings (SSSR count). The van der Waals surface area contributed by atoms with Crippen molar-refractivity contribution in [2.75, 3.05) is 12.4 Å². The number of rotatable bonds is 3. The molecule has 1 amide bonds. The van der Waals surface area contributed by atoms with E-state index < -0.39 is 11.7 Å². The Balaban J connectivity index is 2.19. The van der Waals surface area contributed by atoms with Gasteiger partial charge in [0, 0.05) is 18.0 Å². The molecule has 0 saturated carbocycles. The lowest BCUT2D eigenvalue weighted by Crippen LogP contribution is -2.12. The topological polar surface area (TPSA) is 51.2 Å². The van der Waals surface area contributed by atoms with Crippen molar-refractivity contribution in [1.82, 2.24) is 4.98 Å². The van der Waals surface area contributed by atoms with Crippen LogP contribution in [0.4, 0.5) is 10.1 Å². The van der Waals surface area contributed by atoms with E-state index in [0.29, 0.717) is 5.69 Å². The SMILES string of the molecule is COc1ccc(NC(=O)c2cnc(Cl)c(Cl)c2)cc1F. The zero-order valence-corrected chi connectivity index (χ0v) is 11.8. The summed E-state index contributed by atoms with van der Waals surface area (Å²) >= 11 is 11.4. The summed E-state index contributed by atoms with van der Waals surface area (Å²) in [7, 11) is 1.36. The third-order valence-electron chi connectivity index (χ3n) is 2.47. The summed E-state index contributed by atoms with van der Waals surface area (Å²) in [5, 5.41) is 2.80. The highest BCUT2D eigenvalue weighted by Gasteiger charge is 2.11. The Morgan fingerprint density at radius 2 is 2.10 bits per heavy atom. The molecule has 1 aromatic carbocycles. The van der Waals surface area contributed by atoms with Crippen molar-refractivity contribution in [2.45, 2.75) is 0 Å². The summed E-state index contributed by atoms with van der Waals surface area (Å²) in [5.74, 6) is -0.947. The van der Waals surface area contributed by atoms with Crippen LogP contribution < -0.4 is 10.1 Å². The molecule has 0 spiro atoms. The summed E-state index contributed by atoms with van der Waals surface area (Å²) in [6.45, 7) is 0. The molecule has 4 nitrogen and oxygen atoms in total. The van der Waals surface area contributed by atoms with Crippen LogP contribution in [0.25, 0.3) is 0 Å². The molecule has 1 N–H and O–H groups in total. The van der Waals surface area contributed by atoms with E-state index in [0.717, 1.165) is 6.07 Å². The minimum absolute atomic E-state index is 0.0965. The lowest BCUT2D eigenvalue weighted by atomic mass is 10.2. The smallest absolute Gasteiger partial charge is 0.257 e. The number of aromatic nitrogens is 1. The molecule has 0 saturated heterocycles. The number of hydrogen-bond donors (Lipinski definition) is 1. The average molecular weight is 315 g/mol. The second-order valence-corrected chi connectivity index (χ2v) is 4.57. The van der Waals surface area contributed by atoms with Gasteiger partial charge in [0.15, 0.2) is 11.6 Å². The Kier molecular flexibility index (Phi) is 4.42. The van der Waals surface area contributed by atoms with Crippen LogP contribution in [0.15, 0.2) is 30.5 Å². The predicted octanol–water partition coefficient (Wildman–Crippen LogP) is 3.79. The molecule has 0 radical (unpaired) electrons. The van der Waals surface area contributed by atoms with Crippen LogP contribution in [-0.2, 0) is 0 Å². The number of halogens is 3. The maximum absolute atomic E-state index is 13.5. The summed E-state index contributed by atoms with van der Waals surface area (Å²) in [6.07, 6.45) is 1.28. The fraction of sp³-hybridized carbons (Fsp3) is 0.0769. The van der Waals surface area contributed by atoms with Crippen LogP contribution in [0.3, 0.4) is 0 Å². The molecule has 2 aromatic rings. The number of hydrogen-bond acceptors (Lipinski definition) is 3. The van der Waals surface area contributed by atoms with E-state index >= 15 is 0 Å². The van der Waals surface area contributed by atoms with Gasteiger partial charge in [0.1, 0.15) is 5.15 Å². The van der Waals surface area contributed by atoms with Crippen molar-refractivity contribution in [3.05, 3.63) is 52.0 Å². The number of amides is 1. The highest BCUT2D eigenvalue weighted by atomic mass is 35.5. The first-order valence-electron chi connectivity index (χ1n) is 5.47. The number of methoxy groups -OCH3 is 1. The van der Waals surface area contributed by atoms with Crippen LogP contribution in [0.1, 0.15) is 10.4 Å². The second-order valence-electron chi connectivity index (χ2n) is 3.80. The standard InChI is InChI=1S/C13H9Cl2FN2O2/c1-20-11-3-2-8(5-10(11)16)18-13(19)7-4-9(14)12(15)17-6-7/h2-6H,1H3,(H,18,19). The maximum Gasteiger partial charge on any atom is 0.257 e. The molecule has 0 aliphatic carbocycles. The number of pyridine rings is 1. The molecule has 0 atom stereocenters. The second kappa shape index (κ2) is 6.07. The van der Waals surface area contributed by atoms with Crippen molar-refractivity contribution in [3.63, 3.8) is 0 Å². The highest BCUT2D eigenvalue weighted by molar-refractivity contribution is 6.41. The minimum atomic E-state index is -0.572. The normalized spacial score (nSPS) is 10.2. The van der Waals surface area contributed by atoms with Crippen molar-refractivity contribution >= 4 is 34.8 Å². The van der Waals surface area contributed by atoms with E-state index in [2.05, 4.69) is 10.3 Å². The predicted molar refractivity (Wildman–Crippen MR) is 75.2 cm³/mol. The third-order valence-corrected chi connectivity index (χ3v) is 3.15. The van der Waals surface area contributed by atoms with E-state index in [9.17, 15) is 9.18 Å². The number of carbonyl (C=O) groups is 1. The number of benzene rings is 1. The number of nitrogens with one attached hydrogen (secondary N) is 1. The molecule has 0 aliphatic rings. The van der Waals surface area contributed by atoms with Gasteiger partial charge in [-0.05, 0) is 18.2 Å². The highest BCUT2D eigenvalue weighted by Crippen LogP contribution is 2.22. The monoisotopic (exact) mass is 314 g/mol. The van der Waals surface area contributed by atoms with Crippen LogP contribution in [0, 0.1) is 5.82 Å². The minimum Gasteiger partial charge on any atom is -0.494 e. The van der Waals surface area contributed by atoms with Crippen molar-refractivity contribution in [1.29, 1.82) is 0 Å². The van der Waals surface area contributed by atoms with Crippen molar-refractivity contribution < 1.29 is 13.9 Å². The molecule has 7 heteroatoms. The molecule has 0 aliphatic heterocycles. The van der Waals surface area contributed by atoms with Gasteiger partial charge in [-0.3, -0.25) is 4.79 Å². The fourth-order valence-corrected chi connectivity index (χ4v) is 1.76. The lowest BCUT2D eigenvalue weighted by Gasteiger charge is -2.07.